The minimum Gasteiger partial charge on any atom is -0.504 e. The van der Waals surface area contributed by atoms with Gasteiger partial charge in [-0.05, 0) is 24.1 Å². The van der Waals surface area contributed by atoms with Gasteiger partial charge in [0.2, 0.25) is 5.91 Å². The number of hydrogen-bond donors (Lipinski definition) is 4. The molecule has 0 aliphatic rings. The zero-order valence-electron chi connectivity index (χ0n) is 9.44. The Morgan fingerprint density at radius 3 is 2.56 bits per heavy atom. The van der Waals surface area contributed by atoms with Crippen molar-refractivity contribution in [3.05, 3.63) is 23.8 Å². The van der Waals surface area contributed by atoms with Crippen molar-refractivity contribution < 1.29 is 23.8 Å². The van der Waals surface area contributed by atoms with Crippen LogP contribution in [0.4, 0.5) is 8.78 Å². The van der Waals surface area contributed by atoms with E-state index in [-0.39, 0.29) is 17.9 Å². The van der Waals surface area contributed by atoms with Crippen molar-refractivity contribution in [1.82, 2.24) is 5.32 Å². The SMILES string of the molecule is N[C@@H](Cc1ccc(O)c(O)c1)C(=O)NCC(F)F. The maximum absolute atomic E-state index is 11.9. The number of nitrogens with one attached hydrogen (secondary N) is 1. The Balaban J connectivity index is 2.55. The van der Waals surface area contributed by atoms with Crippen molar-refractivity contribution in [2.24, 2.45) is 5.73 Å². The van der Waals surface area contributed by atoms with Crippen LogP contribution in [0.25, 0.3) is 0 Å². The molecule has 18 heavy (non-hydrogen) atoms. The summed E-state index contributed by atoms with van der Waals surface area (Å²) in [6.45, 7) is -0.743. The highest BCUT2D eigenvalue weighted by atomic mass is 19.3. The molecule has 0 heterocycles. The van der Waals surface area contributed by atoms with Crippen LogP contribution in [0.3, 0.4) is 0 Å². The van der Waals surface area contributed by atoms with Gasteiger partial charge in [-0.25, -0.2) is 8.78 Å². The summed E-state index contributed by atoms with van der Waals surface area (Å²) in [4.78, 5) is 11.3. The third kappa shape index (κ3) is 4.17. The van der Waals surface area contributed by atoms with Gasteiger partial charge in [-0.3, -0.25) is 4.79 Å². The largest absolute Gasteiger partial charge is 0.504 e. The average Bonchev–Trinajstić information content (AvgIpc) is 2.30. The van der Waals surface area contributed by atoms with E-state index in [1.807, 2.05) is 5.32 Å². The Bertz CT molecular complexity index is 427. The first-order valence-corrected chi connectivity index (χ1v) is 5.22. The normalized spacial score (nSPS) is 12.4. The first kappa shape index (κ1) is 14.2. The first-order valence-electron chi connectivity index (χ1n) is 5.22. The van der Waals surface area contributed by atoms with Crippen molar-refractivity contribution in [1.29, 1.82) is 0 Å². The van der Waals surface area contributed by atoms with Gasteiger partial charge in [0, 0.05) is 0 Å². The fraction of sp³-hybridized carbons (Fsp3) is 0.364. The molecule has 1 amide bonds. The molecule has 0 saturated heterocycles. The lowest BCUT2D eigenvalue weighted by Gasteiger charge is -2.12. The van der Waals surface area contributed by atoms with E-state index in [2.05, 4.69) is 0 Å². The van der Waals surface area contributed by atoms with Crippen molar-refractivity contribution >= 4 is 5.91 Å². The number of hydrogen-bond acceptors (Lipinski definition) is 4. The zero-order valence-corrected chi connectivity index (χ0v) is 9.44. The molecule has 0 saturated carbocycles. The summed E-state index contributed by atoms with van der Waals surface area (Å²) in [5, 5.41) is 20.3. The Hall–Kier alpha value is -1.89. The lowest BCUT2D eigenvalue weighted by atomic mass is 10.1. The number of halogens is 2. The van der Waals surface area contributed by atoms with Gasteiger partial charge in [-0.1, -0.05) is 6.07 Å². The van der Waals surface area contributed by atoms with E-state index in [1.165, 1.54) is 18.2 Å². The van der Waals surface area contributed by atoms with Gasteiger partial charge in [0.05, 0.1) is 12.6 Å². The molecule has 0 fully saturated rings. The number of carbonyl (C=O) groups excluding carboxylic acids is 1. The molecule has 0 aliphatic heterocycles. The summed E-state index contributed by atoms with van der Waals surface area (Å²) in [7, 11) is 0. The van der Waals surface area contributed by atoms with Crippen molar-refractivity contribution in [3.8, 4) is 11.5 Å². The number of phenolic OH excluding ortho intramolecular Hbond substituents is 2. The minimum atomic E-state index is -2.63. The van der Waals surface area contributed by atoms with Gasteiger partial charge in [-0.15, -0.1) is 0 Å². The molecule has 5 nitrogen and oxygen atoms in total. The van der Waals surface area contributed by atoms with Crippen LogP contribution in [0.15, 0.2) is 18.2 Å². The fourth-order valence-electron chi connectivity index (χ4n) is 1.35. The van der Waals surface area contributed by atoms with Gasteiger partial charge in [0.25, 0.3) is 6.43 Å². The number of rotatable bonds is 5. The Labute approximate surface area is 102 Å². The molecule has 0 unspecified atom stereocenters. The number of carbonyl (C=O) groups is 1. The van der Waals surface area contributed by atoms with Crippen LogP contribution >= 0.6 is 0 Å². The molecule has 0 aliphatic carbocycles. The second kappa shape index (κ2) is 6.15. The topological polar surface area (TPSA) is 95.6 Å². The van der Waals surface area contributed by atoms with E-state index in [4.69, 9.17) is 10.8 Å². The summed E-state index contributed by atoms with van der Waals surface area (Å²) in [5.74, 6) is -1.30. The average molecular weight is 260 g/mol. The van der Waals surface area contributed by atoms with E-state index in [9.17, 15) is 18.7 Å². The molecule has 1 rings (SSSR count). The summed E-state index contributed by atoms with van der Waals surface area (Å²) in [6, 6.07) is 3.01. The molecular formula is C11H14F2N2O3. The predicted octanol–water partition coefficient (Wildman–Crippen LogP) is 0.349. The molecule has 100 valence electrons. The highest BCUT2D eigenvalue weighted by Gasteiger charge is 2.16. The van der Waals surface area contributed by atoms with Crippen molar-refractivity contribution in [2.75, 3.05) is 6.54 Å². The fourth-order valence-corrected chi connectivity index (χ4v) is 1.35. The second-order valence-corrected chi connectivity index (χ2v) is 3.77. The predicted molar refractivity (Wildman–Crippen MR) is 60.5 cm³/mol. The third-order valence-electron chi connectivity index (χ3n) is 2.26. The van der Waals surface area contributed by atoms with E-state index < -0.39 is 24.9 Å². The highest BCUT2D eigenvalue weighted by molar-refractivity contribution is 5.81. The second-order valence-electron chi connectivity index (χ2n) is 3.77. The van der Waals surface area contributed by atoms with Crippen LogP contribution in [-0.4, -0.2) is 35.1 Å². The lowest BCUT2D eigenvalue weighted by molar-refractivity contribution is -0.123. The van der Waals surface area contributed by atoms with Crippen LogP contribution in [-0.2, 0) is 11.2 Å². The Kier molecular flexibility index (Phi) is 4.85. The lowest BCUT2D eigenvalue weighted by Crippen LogP contribution is -2.43. The summed E-state index contributed by atoms with van der Waals surface area (Å²) in [5.41, 5.74) is 6.04. The van der Waals surface area contributed by atoms with Gasteiger partial charge in [-0.2, -0.15) is 0 Å². The van der Waals surface area contributed by atoms with Gasteiger partial charge >= 0.3 is 0 Å². The van der Waals surface area contributed by atoms with Crippen molar-refractivity contribution in [2.45, 2.75) is 18.9 Å². The van der Waals surface area contributed by atoms with Crippen LogP contribution in [0.2, 0.25) is 0 Å². The standard InChI is InChI=1S/C11H14F2N2O3/c12-10(13)5-15-11(18)7(14)3-6-1-2-8(16)9(17)4-6/h1-2,4,7,10,16-17H,3,5,14H2,(H,15,18)/t7-/m0/s1. The number of alkyl halides is 2. The molecular weight excluding hydrogens is 246 g/mol. The molecule has 0 aromatic heterocycles. The number of phenols is 2. The van der Waals surface area contributed by atoms with Crippen LogP contribution in [0.5, 0.6) is 11.5 Å². The molecule has 0 bridgehead atoms. The van der Waals surface area contributed by atoms with Crippen molar-refractivity contribution in [3.63, 3.8) is 0 Å². The van der Waals surface area contributed by atoms with Crippen LogP contribution < -0.4 is 11.1 Å². The zero-order chi connectivity index (χ0) is 13.7. The Morgan fingerprint density at radius 1 is 1.33 bits per heavy atom. The van der Waals surface area contributed by atoms with Gasteiger partial charge < -0.3 is 21.3 Å². The smallest absolute Gasteiger partial charge is 0.255 e. The molecule has 0 spiro atoms. The molecule has 7 heteroatoms. The molecule has 1 aromatic carbocycles. The van der Waals surface area contributed by atoms with Gasteiger partial charge in [0.1, 0.15) is 0 Å². The minimum absolute atomic E-state index is 0.0723. The van der Waals surface area contributed by atoms with E-state index in [0.29, 0.717) is 5.56 Å². The maximum atomic E-state index is 11.9. The molecule has 5 N–H and O–H groups in total. The monoisotopic (exact) mass is 260 g/mol. The number of nitrogens with two attached hydrogens (primary N) is 1. The highest BCUT2D eigenvalue weighted by Crippen LogP contribution is 2.25. The van der Waals surface area contributed by atoms with E-state index in [1.54, 1.807) is 0 Å². The quantitative estimate of drug-likeness (QED) is 0.574. The molecule has 1 aromatic rings. The summed E-state index contributed by atoms with van der Waals surface area (Å²) >= 11 is 0. The molecule has 1 atom stereocenters. The Morgan fingerprint density at radius 2 is 2.00 bits per heavy atom. The van der Waals surface area contributed by atoms with E-state index in [0.717, 1.165) is 0 Å². The first-order chi connectivity index (χ1) is 8.40. The maximum Gasteiger partial charge on any atom is 0.255 e. The number of aromatic hydroxyl groups is 2. The molecule has 0 radical (unpaired) electrons. The van der Waals surface area contributed by atoms with Crippen LogP contribution in [0, 0.1) is 0 Å². The van der Waals surface area contributed by atoms with Gasteiger partial charge in [0.15, 0.2) is 11.5 Å². The number of benzene rings is 1. The summed E-state index contributed by atoms with van der Waals surface area (Å²) < 4.78 is 23.7. The third-order valence-corrected chi connectivity index (χ3v) is 2.26. The summed E-state index contributed by atoms with van der Waals surface area (Å²) in [6.07, 6.45) is -2.55. The van der Waals surface area contributed by atoms with E-state index >= 15 is 0 Å². The van der Waals surface area contributed by atoms with Crippen LogP contribution in [0.1, 0.15) is 5.56 Å². The number of amides is 1.